The normalized spacial score (nSPS) is 14.0. The van der Waals surface area contributed by atoms with Crippen LogP contribution in [0.25, 0.3) is 0 Å². The Balaban J connectivity index is 4.04. The smallest absolute Gasteiger partial charge is 0.462 e. The zero-order valence-corrected chi connectivity index (χ0v) is 64.6. The van der Waals surface area contributed by atoms with Crippen LogP contribution in [0.5, 0.6) is 0 Å². The first kappa shape index (κ1) is 93.4. The number of allylic oxidation sites excluding steroid dienone is 28. The number of phosphoric acid groups is 1. The first-order chi connectivity index (χ1) is 48.0. The van der Waals surface area contributed by atoms with Crippen LogP contribution < -0.4 is 0 Å². The van der Waals surface area contributed by atoms with Crippen LogP contribution in [0, 0.1) is 0 Å². The molecule has 0 heterocycles. The molecule has 0 aliphatic heterocycles. The quantitative estimate of drug-likeness (QED) is 0.0211. The van der Waals surface area contributed by atoms with Gasteiger partial charge in [0.25, 0.3) is 0 Å². The van der Waals surface area contributed by atoms with Gasteiger partial charge in [-0.15, -0.1) is 0 Å². The van der Waals surface area contributed by atoms with Crippen molar-refractivity contribution in [2.24, 2.45) is 0 Å². The molecule has 2 unspecified atom stereocenters. The van der Waals surface area contributed by atoms with Gasteiger partial charge >= 0.3 is 19.8 Å². The maximum Gasteiger partial charge on any atom is 0.472 e. The van der Waals surface area contributed by atoms with Crippen LogP contribution in [0.3, 0.4) is 0 Å². The largest absolute Gasteiger partial charge is 0.472 e. The lowest BCUT2D eigenvalue weighted by Gasteiger charge is -2.24. The minimum Gasteiger partial charge on any atom is -0.462 e. The molecule has 9 nitrogen and oxygen atoms in total. The van der Waals surface area contributed by atoms with E-state index in [1.54, 1.807) is 0 Å². The molecule has 0 fully saturated rings. The van der Waals surface area contributed by atoms with E-state index in [2.05, 4.69) is 184 Å². The lowest BCUT2D eigenvalue weighted by Crippen LogP contribution is -2.37. The number of ether oxygens (including phenoxy) is 2. The van der Waals surface area contributed by atoms with Crippen LogP contribution in [0.1, 0.15) is 322 Å². The number of esters is 2. The number of quaternary nitrogens is 1. The first-order valence-electron chi connectivity index (χ1n) is 39.9. The van der Waals surface area contributed by atoms with E-state index in [9.17, 15) is 19.0 Å². The number of likely N-dealkylation sites (N-methyl/N-ethyl adjacent to an activating group) is 1. The van der Waals surface area contributed by atoms with Gasteiger partial charge in [0.1, 0.15) is 19.8 Å². The van der Waals surface area contributed by atoms with Crippen molar-refractivity contribution in [2.75, 3.05) is 47.5 Å². The van der Waals surface area contributed by atoms with Gasteiger partial charge in [-0.25, -0.2) is 4.57 Å². The van der Waals surface area contributed by atoms with Crippen molar-refractivity contribution in [3.05, 3.63) is 170 Å². The van der Waals surface area contributed by atoms with Crippen molar-refractivity contribution in [3.8, 4) is 0 Å². The average Bonchev–Trinajstić information content (AvgIpc) is 1.23. The molecule has 0 radical (unpaired) electrons. The number of hydrogen-bond acceptors (Lipinski definition) is 7. The number of unbranched alkanes of at least 4 members (excludes halogenated alkanes) is 30. The highest BCUT2D eigenvalue weighted by Gasteiger charge is 2.27. The summed E-state index contributed by atoms with van der Waals surface area (Å²) in [6, 6.07) is 0. The van der Waals surface area contributed by atoms with E-state index in [4.69, 9.17) is 18.5 Å². The summed E-state index contributed by atoms with van der Waals surface area (Å²) in [5.74, 6) is -0.805. The third kappa shape index (κ3) is 80.3. The fourth-order valence-electron chi connectivity index (χ4n) is 10.7. The highest BCUT2D eigenvalue weighted by atomic mass is 31.2. The van der Waals surface area contributed by atoms with E-state index in [1.165, 1.54) is 154 Å². The number of rotatable bonds is 72. The molecule has 0 amide bonds. The topological polar surface area (TPSA) is 108 Å². The number of phosphoric ester groups is 1. The molecular formula is C88H149NO8P+. The molecule has 0 saturated heterocycles. The second-order valence-corrected chi connectivity index (χ2v) is 28.8. The molecule has 558 valence electrons. The van der Waals surface area contributed by atoms with Crippen molar-refractivity contribution in [3.63, 3.8) is 0 Å². The van der Waals surface area contributed by atoms with E-state index in [-0.39, 0.29) is 32.0 Å². The summed E-state index contributed by atoms with van der Waals surface area (Å²) < 4.78 is 34.8. The van der Waals surface area contributed by atoms with E-state index >= 15 is 0 Å². The van der Waals surface area contributed by atoms with Crippen molar-refractivity contribution < 1.29 is 42.1 Å². The molecule has 0 aromatic heterocycles. The summed E-state index contributed by atoms with van der Waals surface area (Å²) in [5, 5.41) is 0. The second-order valence-electron chi connectivity index (χ2n) is 27.3. The summed E-state index contributed by atoms with van der Waals surface area (Å²) in [7, 11) is 1.46. The van der Waals surface area contributed by atoms with E-state index in [0.717, 1.165) is 135 Å². The Bertz CT molecular complexity index is 2270. The molecule has 0 rings (SSSR count). The zero-order valence-electron chi connectivity index (χ0n) is 63.7. The molecule has 98 heavy (non-hydrogen) atoms. The van der Waals surface area contributed by atoms with Crippen LogP contribution in [0.2, 0.25) is 0 Å². The Kier molecular flexibility index (Phi) is 72.9. The highest BCUT2D eigenvalue weighted by Crippen LogP contribution is 2.43. The Morgan fingerprint density at radius 2 is 0.551 bits per heavy atom. The molecular weight excluding hydrogens is 1230 g/mol. The van der Waals surface area contributed by atoms with Gasteiger partial charge in [0, 0.05) is 12.8 Å². The second kappa shape index (κ2) is 76.5. The molecule has 0 aromatic rings. The van der Waals surface area contributed by atoms with E-state index in [1.807, 2.05) is 21.1 Å². The van der Waals surface area contributed by atoms with Crippen molar-refractivity contribution in [1.82, 2.24) is 0 Å². The summed E-state index contributed by atoms with van der Waals surface area (Å²) in [6.07, 6.45) is 116. The average molecular weight is 1380 g/mol. The monoisotopic (exact) mass is 1380 g/mol. The third-order valence-corrected chi connectivity index (χ3v) is 17.7. The predicted molar refractivity (Wildman–Crippen MR) is 426 cm³/mol. The van der Waals surface area contributed by atoms with Gasteiger partial charge in [-0.3, -0.25) is 18.6 Å². The number of carbonyl (C=O) groups is 2. The molecule has 1 N–H and O–H groups in total. The number of carbonyl (C=O) groups excluding carboxylic acids is 2. The highest BCUT2D eigenvalue weighted by molar-refractivity contribution is 7.47. The van der Waals surface area contributed by atoms with E-state index in [0.29, 0.717) is 17.4 Å². The van der Waals surface area contributed by atoms with Gasteiger partial charge in [-0.2, -0.15) is 0 Å². The van der Waals surface area contributed by atoms with Crippen LogP contribution in [0.15, 0.2) is 170 Å². The predicted octanol–water partition coefficient (Wildman–Crippen LogP) is 26.8. The van der Waals surface area contributed by atoms with Crippen molar-refractivity contribution in [1.29, 1.82) is 0 Å². The lowest BCUT2D eigenvalue weighted by molar-refractivity contribution is -0.870. The van der Waals surface area contributed by atoms with Gasteiger partial charge in [0.15, 0.2) is 6.10 Å². The molecule has 0 aliphatic rings. The van der Waals surface area contributed by atoms with Crippen LogP contribution in [0.4, 0.5) is 0 Å². The molecule has 2 atom stereocenters. The zero-order chi connectivity index (χ0) is 71.1. The van der Waals surface area contributed by atoms with Crippen LogP contribution in [-0.2, 0) is 32.7 Å². The van der Waals surface area contributed by atoms with Gasteiger partial charge in [0.05, 0.1) is 27.7 Å². The maximum atomic E-state index is 12.9. The van der Waals surface area contributed by atoms with Gasteiger partial charge in [-0.1, -0.05) is 351 Å². The number of nitrogens with zero attached hydrogens (tertiary/aromatic N) is 1. The number of hydrogen-bond donors (Lipinski definition) is 1. The van der Waals surface area contributed by atoms with Gasteiger partial charge in [0.2, 0.25) is 0 Å². The summed E-state index contributed by atoms with van der Waals surface area (Å²) in [6.45, 7) is 4.21. The van der Waals surface area contributed by atoms with Crippen molar-refractivity contribution >= 4 is 19.8 Å². The molecule has 0 spiro atoms. The molecule has 10 heteroatoms. The fourth-order valence-corrected chi connectivity index (χ4v) is 11.5. The van der Waals surface area contributed by atoms with E-state index < -0.39 is 26.5 Å². The Hall–Kier alpha value is -4.63. The summed E-state index contributed by atoms with van der Waals surface area (Å²) in [4.78, 5) is 36.0. The molecule has 0 aromatic carbocycles. The molecule has 0 bridgehead atoms. The van der Waals surface area contributed by atoms with Gasteiger partial charge in [-0.05, 0) is 128 Å². The van der Waals surface area contributed by atoms with Crippen LogP contribution in [-0.4, -0.2) is 74.9 Å². The standard InChI is InChI=1S/C88H148NO8P/c1-6-8-10-12-14-16-18-20-22-24-26-28-30-32-34-36-38-40-42-43-44-45-47-49-51-53-55-57-59-61-63-65-67-69-71-73-75-77-79-81-88(91)97-86(85-96-98(92,93)95-83-82-89(3,4)5)84-94-87(90)80-78-76-74-72-70-68-66-64-62-60-58-56-54-52-50-48-46-41-39-37-35-33-31-29-27-25-23-21-19-17-15-13-11-9-7-2/h8-11,14-17,20-23,26-29,32,34,38,40,43-44,47,49,53,55,59,61,86H,6-7,12-13,18-19,24-25,30-31,33,35-37,39,41-42,45-46,48,50-52,54,56-58,60,62-85H2,1-5H3/p+1/b10-8-,11-9-,16-14-,17-15-,22-20-,23-21-,28-26-,29-27-,34-32-,40-38-,44-43-,49-47-,55-53-,61-59-. The summed E-state index contributed by atoms with van der Waals surface area (Å²) in [5.41, 5.74) is 0. The van der Waals surface area contributed by atoms with Crippen LogP contribution >= 0.6 is 7.82 Å². The SMILES string of the molecule is CC/C=C\C/C=C\C/C=C\C/C=C\C/C=C\C/C=C\C/C=C\C/C=C\C/C=C\C/C=C\CCCCCCCCCCC(=O)OC(COC(=O)CCCCCCCCCCCCCCCCCCCCCCCC/C=C\C/C=C\C/C=C\C/C=C\CC)COP(=O)(O)OCC[N+](C)(C)C. The maximum absolute atomic E-state index is 12.9. The Labute approximate surface area is 604 Å². The lowest BCUT2D eigenvalue weighted by atomic mass is 10.0. The van der Waals surface area contributed by atoms with Gasteiger partial charge < -0.3 is 18.9 Å². The summed E-state index contributed by atoms with van der Waals surface area (Å²) >= 11 is 0. The minimum absolute atomic E-state index is 0.0237. The van der Waals surface area contributed by atoms with Crippen molar-refractivity contribution in [2.45, 2.75) is 328 Å². The Morgan fingerprint density at radius 1 is 0.316 bits per heavy atom. The first-order valence-corrected chi connectivity index (χ1v) is 41.4. The molecule has 0 saturated carbocycles. The Morgan fingerprint density at radius 3 is 0.816 bits per heavy atom. The third-order valence-electron chi connectivity index (χ3n) is 16.7. The fraction of sp³-hybridized carbons (Fsp3) is 0.659. The molecule has 0 aliphatic carbocycles. The minimum atomic E-state index is -4.41.